The minimum atomic E-state index is -0.457. The quantitative estimate of drug-likeness (QED) is 0.182. The Bertz CT molecular complexity index is 2810. The summed E-state index contributed by atoms with van der Waals surface area (Å²) in [4.78, 5) is 13.3. The summed E-state index contributed by atoms with van der Waals surface area (Å²) in [5.41, 5.74) is 14.7. The maximum atomic E-state index is 5.37. The molecule has 11 rings (SSSR count). The van der Waals surface area contributed by atoms with Crippen molar-refractivity contribution in [3.05, 3.63) is 216 Å². The van der Waals surface area contributed by atoms with Gasteiger partial charge in [0.2, 0.25) is 0 Å². The lowest BCUT2D eigenvalue weighted by atomic mass is 9.67. The number of nitrogens with zero attached hydrogens (tertiary/aromatic N) is 2. The Hall–Kier alpha value is -6.55. The van der Waals surface area contributed by atoms with Gasteiger partial charge < -0.3 is 0 Å². The van der Waals surface area contributed by atoms with Gasteiger partial charge in [-0.05, 0) is 79.5 Å². The molecule has 2 nitrogen and oxygen atoms in total. The average Bonchev–Trinajstić information content (AvgIpc) is 3.54. The third-order valence-corrected chi connectivity index (χ3v) is 12.3. The second-order valence-corrected chi connectivity index (χ2v) is 15.1. The van der Waals surface area contributed by atoms with E-state index in [1.165, 1.54) is 43.2 Å². The maximum Gasteiger partial charge on any atom is 0.161 e. The second kappa shape index (κ2) is 12.3. The van der Waals surface area contributed by atoms with Crippen LogP contribution in [0, 0.1) is 0 Å². The van der Waals surface area contributed by atoms with Crippen molar-refractivity contribution in [2.24, 2.45) is 0 Å². The highest BCUT2D eigenvalue weighted by Gasteiger charge is 2.50. The number of rotatable bonds is 4. The van der Waals surface area contributed by atoms with Gasteiger partial charge in [0.05, 0.1) is 16.8 Å². The molecule has 2 aliphatic rings. The summed E-state index contributed by atoms with van der Waals surface area (Å²) in [6, 6.07) is 70.2. The van der Waals surface area contributed by atoms with E-state index in [2.05, 4.69) is 182 Å². The standard InChI is InChI=1S/C51H32N2S/c1-3-16-34(17-4-1)45-32-46(35-18-5-2-6-19-35)53-50(52-45)49-37-20-8-7-15-33(37)27-29-38(49)36-28-30-48-44(31-36)51(43-25-13-14-26-47(43)54-48)41-23-11-9-21-39(41)40-22-10-12-24-42(40)51/h1-32H. The van der Waals surface area contributed by atoms with Gasteiger partial charge in [-0.2, -0.15) is 0 Å². The summed E-state index contributed by atoms with van der Waals surface area (Å²) < 4.78 is 0. The van der Waals surface area contributed by atoms with E-state index in [4.69, 9.17) is 9.97 Å². The van der Waals surface area contributed by atoms with Gasteiger partial charge in [-0.3, -0.25) is 0 Å². The first kappa shape index (κ1) is 31.0. The van der Waals surface area contributed by atoms with Crippen LogP contribution in [0.15, 0.2) is 204 Å². The molecule has 0 bridgehead atoms. The molecule has 1 aliphatic heterocycles. The van der Waals surface area contributed by atoms with Crippen LogP contribution in [0.5, 0.6) is 0 Å². The topological polar surface area (TPSA) is 25.8 Å². The van der Waals surface area contributed by atoms with Crippen LogP contribution in [0.4, 0.5) is 0 Å². The van der Waals surface area contributed by atoms with Gasteiger partial charge >= 0.3 is 0 Å². The van der Waals surface area contributed by atoms with Crippen molar-refractivity contribution < 1.29 is 0 Å². The smallest absolute Gasteiger partial charge is 0.161 e. The fraction of sp³-hybridized carbons (Fsp3) is 0.0196. The van der Waals surface area contributed by atoms with Crippen molar-refractivity contribution in [2.45, 2.75) is 15.2 Å². The van der Waals surface area contributed by atoms with Crippen LogP contribution < -0.4 is 0 Å². The third kappa shape index (κ3) is 4.62. The maximum absolute atomic E-state index is 5.37. The Balaban J connectivity index is 1.20. The zero-order valence-electron chi connectivity index (χ0n) is 29.3. The van der Waals surface area contributed by atoms with Gasteiger partial charge in [0.1, 0.15) is 0 Å². The molecule has 0 fully saturated rings. The Labute approximate surface area is 318 Å². The van der Waals surface area contributed by atoms with E-state index >= 15 is 0 Å². The Morgan fingerprint density at radius 2 is 0.926 bits per heavy atom. The van der Waals surface area contributed by atoms with Crippen LogP contribution in [0.1, 0.15) is 22.3 Å². The largest absolute Gasteiger partial charge is 0.228 e. The summed E-state index contributed by atoms with van der Waals surface area (Å²) in [5, 5.41) is 2.28. The lowest BCUT2D eigenvalue weighted by Crippen LogP contribution is -2.32. The Morgan fingerprint density at radius 3 is 1.61 bits per heavy atom. The van der Waals surface area contributed by atoms with Gasteiger partial charge in [0, 0.05) is 26.5 Å². The summed E-state index contributed by atoms with van der Waals surface area (Å²) in [6.45, 7) is 0. The molecular weight excluding hydrogens is 673 g/mol. The third-order valence-electron chi connectivity index (χ3n) is 11.2. The van der Waals surface area contributed by atoms with E-state index in [0.29, 0.717) is 5.82 Å². The molecule has 0 N–H and O–H groups in total. The summed E-state index contributed by atoms with van der Waals surface area (Å²) >= 11 is 1.87. The molecule has 0 atom stereocenters. The molecular formula is C51H32N2S. The zero-order chi connectivity index (χ0) is 35.6. The second-order valence-electron chi connectivity index (χ2n) is 14.1. The predicted octanol–water partition coefficient (Wildman–Crippen LogP) is 13.1. The highest BCUT2D eigenvalue weighted by molar-refractivity contribution is 7.99. The van der Waals surface area contributed by atoms with Crippen LogP contribution in [-0.2, 0) is 5.41 Å². The molecule has 2 heterocycles. The van der Waals surface area contributed by atoms with Gasteiger partial charge in [0.25, 0.3) is 0 Å². The summed E-state index contributed by atoms with van der Waals surface area (Å²) in [5.74, 6) is 0.714. The zero-order valence-corrected chi connectivity index (χ0v) is 30.1. The number of benzene rings is 8. The van der Waals surface area contributed by atoms with Crippen molar-refractivity contribution in [3.63, 3.8) is 0 Å². The van der Waals surface area contributed by atoms with E-state index in [9.17, 15) is 0 Å². The highest BCUT2D eigenvalue weighted by Crippen LogP contribution is 2.62. The van der Waals surface area contributed by atoms with Crippen LogP contribution >= 0.6 is 11.8 Å². The summed E-state index contributed by atoms with van der Waals surface area (Å²) in [7, 11) is 0. The molecule has 1 aromatic heterocycles. The van der Waals surface area contributed by atoms with E-state index in [1.54, 1.807) is 0 Å². The van der Waals surface area contributed by atoms with Crippen molar-refractivity contribution in [2.75, 3.05) is 0 Å². The van der Waals surface area contributed by atoms with Crippen molar-refractivity contribution >= 4 is 22.5 Å². The lowest BCUT2D eigenvalue weighted by molar-refractivity contribution is 0.723. The molecule has 1 spiro atoms. The van der Waals surface area contributed by atoms with E-state index in [0.717, 1.165) is 50.0 Å². The first-order valence-corrected chi connectivity index (χ1v) is 19.2. The first-order chi connectivity index (χ1) is 26.8. The molecule has 54 heavy (non-hydrogen) atoms. The molecule has 9 aromatic rings. The SMILES string of the molecule is c1ccc(-c2cc(-c3ccccc3)nc(-c3c(-c4ccc5c(c4)C4(c6ccccc6S5)c5ccccc5-c5ccccc54)ccc4ccccc34)n2)cc1. The molecule has 0 radical (unpaired) electrons. The normalized spacial score (nSPS) is 13.3. The van der Waals surface area contributed by atoms with Gasteiger partial charge in [-0.15, -0.1) is 0 Å². The Kier molecular flexibility index (Phi) is 7.05. The fourth-order valence-corrected chi connectivity index (χ4v) is 10.0. The number of aromatic nitrogens is 2. The molecule has 0 amide bonds. The highest BCUT2D eigenvalue weighted by atomic mass is 32.2. The number of hydrogen-bond acceptors (Lipinski definition) is 3. The summed E-state index contributed by atoms with van der Waals surface area (Å²) in [6.07, 6.45) is 0. The van der Waals surface area contributed by atoms with Crippen LogP contribution in [0.2, 0.25) is 0 Å². The molecule has 0 saturated heterocycles. The monoisotopic (exact) mass is 704 g/mol. The first-order valence-electron chi connectivity index (χ1n) is 18.4. The van der Waals surface area contributed by atoms with Gasteiger partial charge in [-0.1, -0.05) is 182 Å². The molecule has 3 heteroatoms. The van der Waals surface area contributed by atoms with E-state index in [-0.39, 0.29) is 0 Å². The molecule has 252 valence electrons. The molecule has 0 unspecified atom stereocenters. The van der Waals surface area contributed by atoms with Gasteiger partial charge in [-0.25, -0.2) is 9.97 Å². The average molecular weight is 705 g/mol. The number of hydrogen-bond donors (Lipinski definition) is 0. The minimum Gasteiger partial charge on any atom is -0.228 e. The predicted molar refractivity (Wildman–Crippen MR) is 223 cm³/mol. The lowest BCUT2D eigenvalue weighted by Gasteiger charge is -2.40. The molecule has 0 saturated carbocycles. The Morgan fingerprint density at radius 1 is 0.370 bits per heavy atom. The van der Waals surface area contributed by atoms with E-state index < -0.39 is 5.41 Å². The molecule has 8 aromatic carbocycles. The van der Waals surface area contributed by atoms with Crippen LogP contribution in [0.3, 0.4) is 0 Å². The van der Waals surface area contributed by atoms with Gasteiger partial charge in [0.15, 0.2) is 5.82 Å². The van der Waals surface area contributed by atoms with Crippen molar-refractivity contribution in [1.29, 1.82) is 0 Å². The van der Waals surface area contributed by atoms with Crippen molar-refractivity contribution in [1.82, 2.24) is 9.97 Å². The number of fused-ring (bicyclic) bond motifs is 10. The fourth-order valence-electron chi connectivity index (χ4n) is 8.85. The molecule has 1 aliphatic carbocycles. The van der Waals surface area contributed by atoms with E-state index in [1.807, 2.05) is 23.9 Å². The van der Waals surface area contributed by atoms with Crippen molar-refractivity contribution in [3.8, 4) is 56.2 Å². The van der Waals surface area contributed by atoms with Crippen LogP contribution in [0.25, 0.3) is 66.9 Å². The van der Waals surface area contributed by atoms with Crippen LogP contribution in [-0.4, -0.2) is 9.97 Å². The minimum absolute atomic E-state index is 0.457.